The van der Waals surface area contributed by atoms with E-state index in [0.717, 1.165) is 12.0 Å². The Morgan fingerprint density at radius 2 is 1.65 bits per heavy atom. The summed E-state index contributed by atoms with van der Waals surface area (Å²) in [6.45, 7) is 10.5. The summed E-state index contributed by atoms with van der Waals surface area (Å²) in [4.78, 5) is 23.4. The molecule has 23 heavy (non-hydrogen) atoms. The highest BCUT2D eigenvalue weighted by atomic mass is 16.5. The first kappa shape index (κ1) is 18.9. The van der Waals surface area contributed by atoms with Crippen LogP contribution in [0.4, 0.5) is 0 Å². The minimum absolute atomic E-state index is 0.128. The van der Waals surface area contributed by atoms with Crippen molar-refractivity contribution in [3.63, 3.8) is 0 Å². The highest BCUT2D eigenvalue weighted by Gasteiger charge is 2.26. The molecule has 1 aromatic carbocycles. The van der Waals surface area contributed by atoms with Gasteiger partial charge in [-0.1, -0.05) is 32.9 Å². The van der Waals surface area contributed by atoms with Crippen LogP contribution in [0, 0.1) is 5.41 Å². The van der Waals surface area contributed by atoms with Crippen molar-refractivity contribution >= 4 is 18.0 Å². The molecule has 0 saturated carbocycles. The number of carbonyl (C=O) groups excluding carboxylic acids is 2. The van der Waals surface area contributed by atoms with Crippen LogP contribution >= 0.6 is 0 Å². The second-order valence-electron chi connectivity index (χ2n) is 7.56. The summed E-state index contributed by atoms with van der Waals surface area (Å²) >= 11 is 0. The maximum atomic E-state index is 12.1. The number of carbonyl (C=O) groups is 2. The van der Waals surface area contributed by atoms with E-state index in [1.807, 2.05) is 13.8 Å². The second-order valence-corrected chi connectivity index (χ2v) is 7.56. The van der Waals surface area contributed by atoms with Gasteiger partial charge in [-0.25, -0.2) is 4.79 Å². The molecule has 0 radical (unpaired) electrons. The Balaban J connectivity index is 2.66. The van der Waals surface area contributed by atoms with Gasteiger partial charge in [0.1, 0.15) is 0 Å². The van der Waals surface area contributed by atoms with Gasteiger partial charge < -0.3 is 10.1 Å². The molecule has 4 nitrogen and oxygen atoms in total. The van der Waals surface area contributed by atoms with E-state index in [2.05, 4.69) is 30.8 Å². The average molecular weight is 317 g/mol. The normalized spacial score (nSPS) is 12.3. The van der Waals surface area contributed by atoms with Crippen molar-refractivity contribution in [3.8, 4) is 0 Å². The molecule has 0 aliphatic heterocycles. The number of amides is 1. The topological polar surface area (TPSA) is 55.4 Å². The fourth-order valence-corrected chi connectivity index (χ4v) is 2.77. The Morgan fingerprint density at radius 1 is 1.09 bits per heavy atom. The van der Waals surface area contributed by atoms with Crippen molar-refractivity contribution in [2.75, 3.05) is 7.11 Å². The van der Waals surface area contributed by atoms with Crippen LogP contribution in [-0.4, -0.2) is 24.5 Å². The van der Waals surface area contributed by atoms with Gasteiger partial charge >= 0.3 is 5.97 Å². The lowest BCUT2D eigenvalue weighted by Crippen LogP contribution is -2.45. The van der Waals surface area contributed by atoms with E-state index in [-0.39, 0.29) is 22.8 Å². The second kappa shape index (κ2) is 7.44. The summed E-state index contributed by atoms with van der Waals surface area (Å²) in [6.07, 6.45) is 4.12. The molecule has 1 N–H and O–H groups in total. The molecule has 0 bridgehead atoms. The van der Waals surface area contributed by atoms with E-state index in [0.29, 0.717) is 5.56 Å². The first-order valence-corrected chi connectivity index (χ1v) is 7.71. The molecule has 126 valence electrons. The van der Waals surface area contributed by atoms with Crippen LogP contribution in [0.2, 0.25) is 0 Å². The summed E-state index contributed by atoms with van der Waals surface area (Å²) < 4.78 is 4.65. The van der Waals surface area contributed by atoms with Gasteiger partial charge in [0.15, 0.2) is 0 Å². The maximum absolute atomic E-state index is 12.1. The summed E-state index contributed by atoms with van der Waals surface area (Å²) in [6, 6.07) is 6.90. The molecule has 0 unspecified atom stereocenters. The zero-order valence-corrected chi connectivity index (χ0v) is 14.9. The van der Waals surface area contributed by atoms with Gasteiger partial charge in [-0.2, -0.15) is 0 Å². The molecule has 0 heterocycles. The molecule has 0 atom stereocenters. The molecule has 0 aliphatic rings. The minimum atomic E-state index is -0.373. The standard InChI is InChI=1S/C19H27NO3/c1-18(2,3)13-19(4,5)20-16(21)12-9-14-7-10-15(11-8-14)17(22)23-6/h7-12H,13H2,1-6H3,(H,20,21). The van der Waals surface area contributed by atoms with Gasteiger partial charge in [0.25, 0.3) is 0 Å². The van der Waals surface area contributed by atoms with E-state index in [4.69, 9.17) is 0 Å². The number of hydrogen-bond donors (Lipinski definition) is 1. The molecule has 1 aromatic rings. The minimum Gasteiger partial charge on any atom is -0.465 e. The monoisotopic (exact) mass is 317 g/mol. The van der Waals surface area contributed by atoms with Crippen LogP contribution in [0.5, 0.6) is 0 Å². The molecule has 0 saturated heterocycles. The van der Waals surface area contributed by atoms with Gasteiger partial charge in [0.05, 0.1) is 12.7 Å². The molecule has 0 aromatic heterocycles. The molecule has 0 fully saturated rings. The van der Waals surface area contributed by atoms with Crippen LogP contribution in [0.25, 0.3) is 6.08 Å². The SMILES string of the molecule is COC(=O)c1ccc(C=CC(=O)NC(C)(C)CC(C)(C)C)cc1. The first-order chi connectivity index (χ1) is 10.5. The summed E-state index contributed by atoms with van der Waals surface area (Å²) in [7, 11) is 1.35. The fraction of sp³-hybridized carbons (Fsp3) is 0.474. The molecule has 1 rings (SSSR count). The Labute approximate surface area is 138 Å². The lowest BCUT2D eigenvalue weighted by atomic mass is 9.82. The van der Waals surface area contributed by atoms with Gasteiger partial charge in [-0.05, 0) is 49.5 Å². The molecular formula is C19H27NO3. The van der Waals surface area contributed by atoms with Crippen LogP contribution in [0.15, 0.2) is 30.3 Å². The first-order valence-electron chi connectivity index (χ1n) is 7.71. The van der Waals surface area contributed by atoms with Crippen molar-refractivity contribution < 1.29 is 14.3 Å². The third-order valence-electron chi connectivity index (χ3n) is 3.19. The number of hydrogen-bond acceptors (Lipinski definition) is 3. The van der Waals surface area contributed by atoms with Crippen molar-refractivity contribution in [2.24, 2.45) is 5.41 Å². The molecule has 4 heteroatoms. The molecule has 0 aliphatic carbocycles. The number of methoxy groups -OCH3 is 1. The summed E-state index contributed by atoms with van der Waals surface area (Å²) in [5.41, 5.74) is 1.21. The van der Waals surface area contributed by atoms with Crippen LogP contribution in [0.1, 0.15) is 57.0 Å². The average Bonchev–Trinajstić information content (AvgIpc) is 2.41. The smallest absolute Gasteiger partial charge is 0.337 e. The third kappa shape index (κ3) is 7.13. The van der Waals surface area contributed by atoms with E-state index in [1.165, 1.54) is 13.2 Å². The maximum Gasteiger partial charge on any atom is 0.337 e. The summed E-state index contributed by atoms with van der Waals surface area (Å²) in [5.74, 6) is -0.501. The molecule has 0 spiro atoms. The Hall–Kier alpha value is -2.10. The number of rotatable bonds is 5. The van der Waals surface area contributed by atoms with E-state index in [1.54, 1.807) is 30.3 Å². The highest BCUT2D eigenvalue weighted by Crippen LogP contribution is 2.26. The number of benzene rings is 1. The van der Waals surface area contributed by atoms with E-state index in [9.17, 15) is 9.59 Å². The van der Waals surface area contributed by atoms with Gasteiger partial charge in [-0.3, -0.25) is 4.79 Å². The Bertz CT molecular complexity index is 578. The zero-order valence-electron chi connectivity index (χ0n) is 14.9. The lowest BCUT2D eigenvalue weighted by molar-refractivity contribution is -0.118. The summed E-state index contributed by atoms with van der Waals surface area (Å²) in [5, 5.41) is 3.02. The van der Waals surface area contributed by atoms with E-state index >= 15 is 0 Å². The highest BCUT2D eigenvalue weighted by molar-refractivity contribution is 5.93. The van der Waals surface area contributed by atoms with Crippen LogP contribution < -0.4 is 5.32 Å². The predicted molar refractivity (Wildman–Crippen MR) is 93.1 cm³/mol. The van der Waals surface area contributed by atoms with E-state index < -0.39 is 0 Å². The fourth-order valence-electron chi connectivity index (χ4n) is 2.77. The Morgan fingerprint density at radius 3 is 2.13 bits per heavy atom. The van der Waals surface area contributed by atoms with Gasteiger partial charge in [-0.15, -0.1) is 0 Å². The molecular weight excluding hydrogens is 290 g/mol. The Kier molecular flexibility index (Phi) is 6.13. The predicted octanol–water partition coefficient (Wildman–Crippen LogP) is 3.82. The van der Waals surface area contributed by atoms with Crippen molar-refractivity contribution in [2.45, 2.75) is 46.6 Å². The van der Waals surface area contributed by atoms with Crippen molar-refractivity contribution in [3.05, 3.63) is 41.5 Å². The number of esters is 1. The third-order valence-corrected chi connectivity index (χ3v) is 3.19. The quantitative estimate of drug-likeness (QED) is 0.663. The van der Waals surface area contributed by atoms with Gasteiger partial charge in [0.2, 0.25) is 5.91 Å². The number of ether oxygens (including phenoxy) is 1. The lowest BCUT2D eigenvalue weighted by Gasteiger charge is -2.32. The van der Waals surface area contributed by atoms with Crippen LogP contribution in [0.3, 0.4) is 0 Å². The van der Waals surface area contributed by atoms with Crippen LogP contribution in [-0.2, 0) is 9.53 Å². The van der Waals surface area contributed by atoms with Gasteiger partial charge in [0, 0.05) is 11.6 Å². The van der Waals surface area contributed by atoms with Crippen molar-refractivity contribution in [1.29, 1.82) is 0 Å². The zero-order chi connectivity index (χ0) is 17.7. The number of nitrogens with one attached hydrogen (secondary N) is 1. The largest absolute Gasteiger partial charge is 0.465 e. The van der Waals surface area contributed by atoms with Crippen molar-refractivity contribution in [1.82, 2.24) is 5.32 Å². The molecule has 1 amide bonds.